The Balaban J connectivity index is 2.31. The van der Waals surface area contributed by atoms with Crippen molar-refractivity contribution in [3.8, 4) is 0 Å². The molecule has 0 unspecified atom stereocenters. The smallest absolute Gasteiger partial charge is 0.323 e. The molecule has 0 spiro atoms. The molecule has 1 fully saturated rings. The van der Waals surface area contributed by atoms with Crippen LogP contribution in [0.5, 0.6) is 0 Å². The summed E-state index contributed by atoms with van der Waals surface area (Å²) in [5.41, 5.74) is 2.55. The molecule has 2 N–H and O–H groups in total. The Labute approximate surface area is 83.2 Å². The number of hydrogen-bond donors (Lipinski definition) is 2. The third-order valence-corrected chi connectivity index (χ3v) is 2.20. The summed E-state index contributed by atoms with van der Waals surface area (Å²) in [4.78, 5) is 24.2. The molecule has 0 saturated carbocycles. The molecule has 6 heteroatoms. The Kier molecular flexibility index (Phi) is 3.84. The van der Waals surface area contributed by atoms with Crippen molar-refractivity contribution in [1.82, 2.24) is 20.7 Å². The number of amides is 2. The first-order chi connectivity index (χ1) is 6.63. The molecular formula is C8H16N4O2. The van der Waals surface area contributed by atoms with Crippen molar-refractivity contribution >= 4 is 11.8 Å². The molecule has 0 atom stereocenters. The summed E-state index contributed by atoms with van der Waals surface area (Å²) in [6.07, 6.45) is 0. The van der Waals surface area contributed by atoms with Gasteiger partial charge in [-0.2, -0.15) is 0 Å². The highest BCUT2D eigenvalue weighted by atomic mass is 16.2. The van der Waals surface area contributed by atoms with Gasteiger partial charge in [-0.25, -0.2) is 5.01 Å². The van der Waals surface area contributed by atoms with E-state index < -0.39 is 11.8 Å². The molecule has 1 rings (SSSR count). The number of hydrazine groups is 1. The number of hydrogen-bond acceptors (Lipinski definition) is 4. The lowest BCUT2D eigenvalue weighted by Gasteiger charge is -2.31. The summed E-state index contributed by atoms with van der Waals surface area (Å²) in [6.45, 7) is 3.29. The highest BCUT2D eigenvalue weighted by Crippen LogP contribution is 1.94. The van der Waals surface area contributed by atoms with Gasteiger partial charge >= 0.3 is 11.8 Å². The van der Waals surface area contributed by atoms with Gasteiger partial charge in [-0.15, -0.1) is 0 Å². The van der Waals surface area contributed by atoms with Crippen molar-refractivity contribution in [3.05, 3.63) is 0 Å². The maximum absolute atomic E-state index is 11.1. The summed E-state index contributed by atoms with van der Waals surface area (Å²) in [5.74, 6) is -1.21. The minimum absolute atomic E-state index is 0.600. The van der Waals surface area contributed by atoms with Gasteiger partial charge in [-0.1, -0.05) is 0 Å². The molecule has 0 bridgehead atoms. The van der Waals surface area contributed by atoms with E-state index in [9.17, 15) is 9.59 Å². The van der Waals surface area contributed by atoms with Gasteiger partial charge in [0.05, 0.1) is 0 Å². The van der Waals surface area contributed by atoms with Crippen LogP contribution in [0, 0.1) is 0 Å². The van der Waals surface area contributed by atoms with Crippen LogP contribution in [0.4, 0.5) is 0 Å². The molecule has 0 aromatic rings. The molecule has 0 aromatic carbocycles. The average molecular weight is 200 g/mol. The number of piperazine rings is 1. The minimum atomic E-state index is -0.607. The molecule has 1 heterocycles. The van der Waals surface area contributed by atoms with Crippen LogP contribution in [0.1, 0.15) is 0 Å². The van der Waals surface area contributed by atoms with E-state index in [1.54, 1.807) is 5.01 Å². The number of carbonyl (C=O) groups is 2. The van der Waals surface area contributed by atoms with Gasteiger partial charge in [-0.3, -0.25) is 15.0 Å². The van der Waals surface area contributed by atoms with Gasteiger partial charge in [0.25, 0.3) is 0 Å². The summed E-state index contributed by atoms with van der Waals surface area (Å²) < 4.78 is 0. The Hall–Kier alpha value is -1.14. The number of likely N-dealkylation sites (N-methyl/N-ethyl adjacent to an activating group) is 2. The number of nitrogens with one attached hydrogen (secondary N) is 2. The summed E-state index contributed by atoms with van der Waals surface area (Å²) in [5, 5.41) is 4.04. The van der Waals surface area contributed by atoms with Gasteiger partial charge in [0.1, 0.15) is 0 Å². The molecule has 1 saturated heterocycles. The maximum Gasteiger partial charge on any atom is 0.323 e. The average Bonchev–Trinajstić information content (AvgIpc) is 2.20. The van der Waals surface area contributed by atoms with Gasteiger partial charge < -0.3 is 10.2 Å². The van der Waals surface area contributed by atoms with E-state index in [0.29, 0.717) is 0 Å². The second kappa shape index (κ2) is 4.92. The van der Waals surface area contributed by atoms with Gasteiger partial charge in [0.15, 0.2) is 0 Å². The number of carbonyl (C=O) groups excluding carboxylic acids is 2. The fourth-order valence-electron chi connectivity index (χ4n) is 1.23. The molecule has 80 valence electrons. The van der Waals surface area contributed by atoms with E-state index in [0.717, 1.165) is 26.2 Å². The van der Waals surface area contributed by atoms with Crippen LogP contribution in [0.15, 0.2) is 0 Å². The fraction of sp³-hybridized carbons (Fsp3) is 0.750. The van der Waals surface area contributed by atoms with Gasteiger partial charge in [-0.05, 0) is 7.05 Å². The third kappa shape index (κ3) is 2.97. The lowest BCUT2D eigenvalue weighted by Crippen LogP contribution is -2.55. The van der Waals surface area contributed by atoms with E-state index in [-0.39, 0.29) is 0 Å². The predicted molar refractivity (Wildman–Crippen MR) is 51.3 cm³/mol. The lowest BCUT2D eigenvalue weighted by atomic mass is 10.4. The van der Waals surface area contributed by atoms with E-state index in [1.165, 1.54) is 7.05 Å². The molecule has 2 amide bonds. The summed E-state index contributed by atoms with van der Waals surface area (Å²) in [7, 11) is 3.46. The highest BCUT2D eigenvalue weighted by molar-refractivity contribution is 6.34. The van der Waals surface area contributed by atoms with Crippen molar-refractivity contribution < 1.29 is 9.59 Å². The van der Waals surface area contributed by atoms with E-state index in [1.807, 2.05) is 7.05 Å². The van der Waals surface area contributed by atoms with Crippen molar-refractivity contribution in [2.45, 2.75) is 0 Å². The van der Waals surface area contributed by atoms with E-state index in [4.69, 9.17) is 0 Å². The SMILES string of the molecule is CNC(=O)C(=O)NN1CCN(C)CC1. The van der Waals surface area contributed by atoms with Crippen LogP contribution in [0.25, 0.3) is 0 Å². The van der Waals surface area contributed by atoms with Gasteiger partial charge in [0, 0.05) is 33.2 Å². The highest BCUT2D eigenvalue weighted by Gasteiger charge is 2.18. The van der Waals surface area contributed by atoms with Crippen LogP contribution < -0.4 is 10.7 Å². The van der Waals surface area contributed by atoms with Crippen molar-refractivity contribution in [3.63, 3.8) is 0 Å². The standard InChI is InChI=1S/C8H16N4O2/c1-9-7(13)8(14)10-12-5-3-11(2)4-6-12/h3-6H2,1-2H3,(H,9,13)(H,10,14). The molecule has 0 radical (unpaired) electrons. The summed E-state index contributed by atoms with van der Waals surface area (Å²) in [6, 6.07) is 0. The van der Waals surface area contributed by atoms with Gasteiger partial charge in [0.2, 0.25) is 0 Å². The monoisotopic (exact) mass is 200 g/mol. The zero-order chi connectivity index (χ0) is 10.6. The first-order valence-corrected chi connectivity index (χ1v) is 4.59. The molecule has 14 heavy (non-hydrogen) atoms. The first-order valence-electron chi connectivity index (χ1n) is 4.59. The topological polar surface area (TPSA) is 64.7 Å². The predicted octanol–water partition coefficient (Wildman–Crippen LogP) is -1.99. The Bertz CT molecular complexity index is 223. The Morgan fingerprint density at radius 2 is 1.64 bits per heavy atom. The normalized spacial score (nSPS) is 19.0. The molecule has 1 aliphatic heterocycles. The molecule has 0 aliphatic carbocycles. The zero-order valence-electron chi connectivity index (χ0n) is 8.54. The molecule has 1 aliphatic rings. The second-order valence-electron chi connectivity index (χ2n) is 3.31. The number of nitrogens with zero attached hydrogens (tertiary/aromatic N) is 2. The first kappa shape index (κ1) is 10.9. The van der Waals surface area contributed by atoms with Crippen molar-refractivity contribution in [2.75, 3.05) is 40.3 Å². The van der Waals surface area contributed by atoms with Crippen LogP contribution in [0.3, 0.4) is 0 Å². The van der Waals surface area contributed by atoms with Crippen LogP contribution in [-0.4, -0.2) is 62.0 Å². The third-order valence-electron chi connectivity index (χ3n) is 2.20. The largest absolute Gasteiger partial charge is 0.351 e. The molecular weight excluding hydrogens is 184 g/mol. The van der Waals surface area contributed by atoms with Crippen LogP contribution >= 0.6 is 0 Å². The molecule has 0 aromatic heterocycles. The Morgan fingerprint density at radius 3 is 2.14 bits per heavy atom. The second-order valence-corrected chi connectivity index (χ2v) is 3.31. The number of rotatable bonds is 1. The van der Waals surface area contributed by atoms with E-state index >= 15 is 0 Å². The summed E-state index contributed by atoms with van der Waals surface area (Å²) >= 11 is 0. The quantitative estimate of drug-likeness (QED) is 0.481. The minimum Gasteiger partial charge on any atom is -0.351 e. The fourth-order valence-corrected chi connectivity index (χ4v) is 1.23. The van der Waals surface area contributed by atoms with Crippen LogP contribution in [-0.2, 0) is 9.59 Å². The Morgan fingerprint density at radius 1 is 1.07 bits per heavy atom. The van der Waals surface area contributed by atoms with E-state index in [2.05, 4.69) is 15.6 Å². The zero-order valence-corrected chi connectivity index (χ0v) is 8.54. The van der Waals surface area contributed by atoms with Crippen LogP contribution in [0.2, 0.25) is 0 Å². The molecule has 6 nitrogen and oxygen atoms in total. The maximum atomic E-state index is 11.1. The van der Waals surface area contributed by atoms with Crippen molar-refractivity contribution in [2.24, 2.45) is 0 Å². The lowest BCUT2D eigenvalue weighted by molar-refractivity contribution is -0.142. The van der Waals surface area contributed by atoms with Crippen molar-refractivity contribution in [1.29, 1.82) is 0 Å².